The maximum atomic E-state index is 13.6. The zero-order chi connectivity index (χ0) is 11.9. The van der Waals surface area contributed by atoms with Crippen LogP contribution in [0.3, 0.4) is 0 Å². The van der Waals surface area contributed by atoms with E-state index in [4.69, 9.17) is 5.73 Å². The van der Waals surface area contributed by atoms with E-state index in [1.54, 1.807) is 6.08 Å². The van der Waals surface area contributed by atoms with Gasteiger partial charge in [0.15, 0.2) is 0 Å². The first-order valence-electron chi connectivity index (χ1n) is 5.06. The van der Waals surface area contributed by atoms with Gasteiger partial charge in [0.25, 0.3) is 5.91 Å². The van der Waals surface area contributed by atoms with Crippen LogP contribution in [0.25, 0.3) is 0 Å². The summed E-state index contributed by atoms with van der Waals surface area (Å²) in [5, 5.41) is 0. The molecule has 0 aromatic carbocycles. The van der Waals surface area contributed by atoms with Crippen LogP contribution in [0.15, 0.2) is 23.6 Å². The number of nitrogens with two attached hydrogens (primary N) is 1. The molecule has 0 radical (unpaired) electrons. The highest BCUT2D eigenvalue weighted by Crippen LogP contribution is 2.46. The largest absolute Gasteiger partial charge is 0.366 e. The molecule has 0 saturated heterocycles. The highest BCUT2D eigenvalue weighted by Gasteiger charge is 2.38. The fourth-order valence-electron chi connectivity index (χ4n) is 1.57. The number of amides is 1. The van der Waals surface area contributed by atoms with Crippen LogP contribution in [-0.2, 0) is 4.79 Å². The number of halogens is 1. The van der Waals surface area contributed by atoms with Crippen LogP contribution in [-0.4, -0.2) is 5.91 Å². The smallest absolute Gasteiger partial charge is 0.251 e. The van der Waals surface area contributed by atoms with Crippen molar-refractivity contribution in [3.05, 3.63) is 23.6 Å². The monoisotopic (exact) mass is 211 g/mol. The van der Waals surface area contributed by atoms with Crippen molar-refractivity contribution in [3.63, 3.8) is 0 Å². The molecule has 15 heavy (non-hydrogen) atoms. The minimum absolute atomic E-state index is 0.0109. The third-order valence-electron chi connectivity index (χ3n) is 3.41. The van der Waals surface area contributed by atoms with E-state index in [1.807, 2.05) is 6.92 Å². The molecule has 0 spiro atoms. The molecule has 0 aliphatic heterocycles. The minimum atomic E-state index is -0.695. The van der Waals surface area contributed by atoms with Gasteiger partial charge in [-0.2, -0.15) is 0 Å². The van der Waals surface area contributed by atoms with E-state index in [1.165, 1.54) is 6.08 Å². The molecule has 1 aliphatic carbocycles. The van der Waals surface area contributed by atoms with Crippen molar-refractivity contribution in [2.75, 3.05) is 0 Å². The number of hydrogen-bond acceptors (Lipinski definition) is 1. The van der Waals surface area contributed by atoms with Gasteiger partial charge >= 0.3 is 0 Å². The maximum absolute atomic E-state index is 13.6. The fraction of sp³-hybridized carbons (Fsp3) is 0.583. The number of hydrogen-bond donors (Lipinski definition) is 1. The Morgan fingerprint density at radius 2 is 2.07 bits per heavy atom. The Morgan fingerprint density at radius 3 is 2.40 bits per heavy atom. The van der Waals surface area contributed by atoms with Gasteiger partial charge in [0.1, 0.15) is 5.83 Å². The zero-order valence-electron chi connectivity index (χ0n) is 9.73. The average Bonchev–Trinajstić information content (AvgIpc) is 2.00. The van der Waals surface area contributed by atoms with Gasteiger partial charge in [-0.25, -0.2) is 4.39 Å². The van der Waals surface area contributed by atoms with Gasteiger partial charge < -0.3 is 5.73 Å². The van der Waals surface area contributed by atoms with Crippen LogP contribution in [0.4, 0.5) is 4.39 Å². The number of carbonyl (C=O) groups is 1. The highest BCUT2D eigenvalue weighted by molar-refractivity contribution is 5.96. The first-order valence-corrected chi connectivity index (χ1v) is 5.06. The van der Waals surface area contributed by atoms with Crippen molar-refractivity contribution in [1.29, 1.82) is 0 Å². The SMILES string of the molecule is CC(C)(C)C1(C)C=C(F)C(C(N)=O)=CC1. The molecule has 0 heterocycles. The Hall–Kier alpha value is -1.12. The molecule has 0 aromatic rings. The summed E-state index contributed by atoms with van der Waals surface area (Å²) in [7, 11) is 0. The standard InChI is InChI=1S/C12H18FNO/c1-11(2,3)12(4)6-5-8(10(14)15)9(13)7-12/h5,7H,6H2,1-4H3,(H2,14,15). The van der Waals surface area contributed by atoms with Crippen molar-refractivity contribution in [3.8, 4) is 0 Å². The molecule has 0 aromatic heterocycles. The van der Waals surface area contributed by atoms with E-state index >= 15 is 0 Å². The topological polar surface area (TPSA) is 43.1 Å². The van der Waals surface area contributed by atoms with Crippen LogP contribution in [0, 0.1) is 10.8 Å². The summed E-state index contributed by atoms with van der Waals surface area (Å²) in [6.07, 6.45) is 3.76. The molecule has 1 atom stereocenters. The summed E-state index contributed by atoms with van der Waals surface area (Å²) in [5.41, 5.74) is 4.76. The summed E-state index contributed by atoms with van der Waals surface area (Å²) in [6, 6.07) is 0. The van der Waals surface area contributed by atoms with Crippen LogP contribution in [0.5, 0.6) is 0 Å². The lowest BCUT2D eigenvalue weighted by Crippen LogP contribution is -2.33. The van der Waals surface area contributed by atoms with Crippen molar-refractivity contribution >= 4 is 5.91 Å². The third kappa shape index (κ3) is 2.11. The lowest BCUT2D eigenvalue weighted by molar-refractivity contribution is -0.114. The molecule has 1 rings (SSSR count). The molecule has 1 aliphatic rings. The van der Waals surface area contributed by atoms with Crippen LogP contribution in [0.1, 0.15) is 34.1 Å². The lowest BCUT2D eigenvalue weighted by Gasteiger charge is -2.40. The Kier molecular flexibility index (Phi) is 2.77. The Labute approximate surface area is 90.0 Å². The van der Waals surface area contributed by atoms with Gasteiger partial charge in [0.2, 0.25) is 0 Å². The second-order valence-corrected chi connectivity index (χ2v) is 5.35. The average molecular weight is 211 g/mol. The van der Waals surface area contributed by atoms with Crippen molar-refractivity contribution < 1.29 is 9.18 Å². The molecular formula is C12H18FNO. The van der Waals surface area contributed by atoms with Gasteiger partial charge in [-0.3, -0.25) is 4.79 Å². The molecule has 0 bridgehead atoms. The Balaban J connectivity index is 3.06. The van der Waals surface area contributed by atoms with Crippen molar-refractivity contribution in [2.24, 2.45) is 16.6 Å². The molecule has 2 N–H and O–H groups in total. The quantitative estimate of drug-likeness (QED) is 0.712. The Bertz CT molecular complexity index is 349. The van der Waals surface area contributed by atoms with Crippen molar-refractivity contribution in [2.45, 2.75) is 34.1 Å². The molecule has 1 amide bonds. The number of primary amides is 1. The number of carbonyl (C=O) groups excluding carboxylic acids is 1. The first-order chi connectivity index (χ1) is 6.67. The van der Waals surface area contributed by atoms with Gasteiger partial charge in [-0.15, -0.1) is 0 Å². The summed E-state index contributed by atoms with van der Waals surface area (Å²) in [4.78, 5) is 10.9. The van der Waals surface area contributed by atoms with E-state index in [0.717, 1.165) is 0 Å². The number of rotatable bonds is 1. The molecule has 2 nitrogen and oxygen atoms in total. The van der Waals surface area contributed by atoms with Gasteiger partial charge in [-0.1, -0.05) is 33.8 Å². The number of allylic oxidation sites excluding steroid dienone is 2. The van der Waals surface area contributed by atoms with Gasteiger partial charge in [0.05, 0.1) is 5.57 Å². The summed E-state index contributed by atoms with van der Waals surface area (Å²) >= 11 is 0. The predicted molar refractivity (Wildman–Crippen MR) is 58.6 cm³/mol. The molecule has 84 valence electrons. The lowest BCUT2D eigenvalue weighted by atomic mass is 9.64. The van der Waals surface area contributed by atoms with Crippen LogP contribution < -0.4 is 5.73 Å². The molecule has 1 unspecified atom stereocenters. The second-order valence-electron chi connectivity index (χ2n) is 5.35. The second kappa shape index (κ2) is 3.47. The highest BCUT2D eigenvalue weighted by atomic mass is 19.1. The van der Waals surface area contributed by atoms with E-state index < -0.39 is 11.7 Å². The fourth-order valence-corrected chi connectivity index (χ4v) is 1.57. The van der Waals surface area contributed by atoms with E-state index in [2.05, 4.69) is 20.8 Å². The van der Waals surface area contributed by atoms with Crippen molar-refractivity contribution in [1.82, 2.24) is 0 Å². The molecule has 0 saturated carbocycles. The van der Waals surface area contributed by atoms with Crippen LogP contribution >= 0.6 is 0 Å². The molecular weight excluding hydrogens is 193 g/mol. The summed E-state index contributed by atoms with van der Waals surface area (Å²) in [5.74, 6) is -1.19. The van der Waals surface area contributed by atoms with Gasteiger partial charge in [0, 0.05) is 0 Å². The summed E-state index contributed by atoms with van der Waals surface area (Å²) < 4.78 is 13.6. The van der Waals surface area contributed by atoms with Crippen LogP contribution in [0.2, 0.25) is 0 Å². The first kappa shape index (κ1) is 12.0. The normalized spacial score (nSPS) is 27.0. The zero-order valence-corrected chi connectivity index (χ0v) is 9.73. The summed E-state index contributed by atoms with van der Waals surface area (Å²) in [6.45, 7) is 8.15. The van der Waals surface area contributed by atoms with E-state index in [0.29, 0.717) is 6.42 Å². The van der Waals surface area contributed by atoms with E-state index in [9.17, 15) is 9.18 Å². The maximum Gasteiger partial charge on any atom is 0.251 e. The minimum Gasteiger partial charge on any atom is -0.366 e. The molecule has 3 heteroatoms. The Morgan fingerprint density at radius 1 is 1.53 bits per heavy atom. The van der Waals surface area contributed by atoms with Gasteiger partial charge in [-0.05, 0) is 23.3 Å². The molecule has 0 fully saturated rings. The van der Waals surface area contributed by atoms with E-state index in [-0.39, 0.29) is 16.4 Å². The predicted octanol–water partition coefficient (Wildman–Crippen LogP) is 2.71. The third-order valence-corrected chi connectivity index (χ3v) is 3.41.